The normalized spacial score (nSPS) is 10.2. The van der Waals surface area contributed by atoms with Crippen LogP contribution >= 0.6 is 11.9 Å². The molecule has 20 heavy (non-hydrogen) atoms. The zero-order valence-electron chi connectivity index (χ0n) is 11.5. The number of unbranched alkanes of at least 4 members (excludes halogenated alkanes) is 1. The van der Waals surface area contributed by atoms with Gasteiger partial charge in [-0.15, -0.1) is 0 Å². The quantitative estimate of drug-likeness (QED) is 0.820. The number of carbonyl (C=O) groups is 1. The van der Waals surface area contributed by atoms with Crippen LogP contribution in [0.15, 0.2) is 53.6 Å². The molecule has 0 saturated carbocycles. The number of amides is 1. The van der Waals surface area contributed by atoms with E-state index in [4.69, 9.17) is 0 Å². The van der Waals surface area contributed by atoms with Crippen molar-refractivity contribution in [3.8, 4) is 0 Å². The van der Waals surface area contributed by atoms with E-state index in [0.29, 0.717) is 5.69 Å². The number of nitrogens with zero attached hydrogens (tertiary/aromatic N) is 1. The van der Waals surface area contributed by atoms with Crippen molar-refractivity contribution in [3.05, 3.63) is 59.9 Å². The highest BCUT2D eigenvalue weighted by molar-refractivity contribution is 7.98. The third-order valence-corrected chi connectivity index (χ3v) is 3.68. The molecule has 0 aliphatic carbocycles. The molecular formula is C16H18N2OS. The summed E-state index contributed by atoms with van der Waals surface area (Å²) in [5, 5.41) is 0. The van der Waals surface area contributed by atoms with E-state index in [-0.39, 0.29) is 5.91 Å². The lowest BCUT2D eigenvalue weighted by Gasteiger charge is -2.04. The number of benzene rings is 1. The van der Waals surface area contributed by atoms with Gasteiger partial charge in [-0.3, -0.25) is 14.5 Å². The minimum atomic E-state index is -0.166. The number of aromatic nitrogens is 1. The number of aryl methyl sites for hydroxylation is 1. The summed E-state index contributed by atoms with van der Waals surface area (Å²) in [6.07, 6.45) is 5.12. The second-order valence-electron chi connectivity index (χ2n) is 4.50. The lowest BCUT2D eigenvalue weighted by atomic mass is 10.1. The molecular weight excluding hydrogens is 268 g/mol. The largest absolute Gasteiger partial charge is 0.291 e. The molecule has 0 bridgehead atoms. The highest BCUT2D eigenvalue weighted by Crippen LogP contribution is 2.14. The molecule has 0 fully saturated rings. The molecule has 0 unspecified atom stereocenters. The van der Waals surface area contributed by atoms with Gasteiger partial charge in [-0.05, 0) is 48.6 Å². The SMILES string of the molecule is CCCCc1ccc(C(=O)NSc2ccccc2)nc1. The zero-order chi connectivity index (χ0) is 14.2. The number of hydrogen-bond donors (Lipinski definition) is 1. The molecule has 0 aliphatic heterocycles. The van der Waals surface area contributed by atoms with Crippen LogP contribution in [-0.4, -0.2) is 10.9 Å². The van der Waals surface area contributed by atoms with E-state index in [1.165, 1.54) is 17.5 Å². The van der Waals surface area contributed by atoms with Crippen LogP contribution in [0.4, 0.5) is 0 Å². The molecule has 2 rings (SSSR count). The van der Waals surface area contributed by atoms with Crippen LogP contribution in [0.3, 0.4) is 0 Å². The summed E-state index contributed by atoms with van der Waals surface area (Å²) in [6.45, 7) is 2.16. The first-order valence-corrected chi connectivity index (χ1v) is 7.58. The number of pyridine rings is 1. The van der Waals surface area contributed by atoms with Gasteiger partial charge in [0.15, 0.2) is 0 Å². The zero-order valence-corrected chi connectivity index (χ0v) is 12.3. The number of carbonyl (C=O) groups excluding carboxylic acids is 1. The Morgan fingerprint density at radius 1 is 1.20 bits per heavy atom. The van der Waals surface area contributed by atoms with Gasteiger partial charge >= 0.3 is 0 Å². The molecule has 1 heterocycles. The van der Waals surface area contributed by atoms with E-state index in [0.717, 1.165) is 24.2 Å². The third-order valence-electron chi connectivity index (χ3n) is 2.88. The summed E-state index contributed by atoms with van der Waals surface area (Å²) < 4.78 is 2.79. The highest BCUT2D eigenvalue weighted by Gasteiger charge is 2.07. The maximum Gasteiger partial charge on any atom is 0.279 e. The van der Waals surface area contributed by atoms with Crippen molar-refractivity contribution in [2.75, 3.05) is 0 Å². The molecule has 2 aromatic rings. The van der Waals surface area contributed by atoms with Crippen LogP contribution in [0.1, 0.15) is 35.8 Å². The summed E-state index contributed by atoms with van der Waals surface area (Å²) >= 11 is 1.30. The monoisotopic (exact) mass is 286 g/mol. The fraction of sp³-hybridized carbons (Fsp3) is 0.250. The standard InChI is InChI=1S/C16H18N2OS/c1-2-3-7-13-10-11-15(17-12-13)16(19)18-20-14-8-5-4-6-9-14/h4-6,8-12H,2-3,7H2,1H3,(H,18,19). The second-order valence-corrected chi connectivity index (χ2v) is 5.38. The number of hydrogen-bond acceptors (Lipinski definition) is 3. The molecule has 1 amide bonds. The Balaban J connectivity index is 1.89. The Morgan fingerprint density at radius 3 is 2.65 bits per heavy atom. The van der Waals surface area contributed by atoms with Gasteiger partial charge in [0.1, 0.15) is 5.69 Å². The summed E-state index contributed by atoms with van der Waals surface area (Å²) in [7, 11) is 0. The molecule has 0 aliphatic rings. The van der Waals surface area contributed by atoms with Crippen LogP contribution < -0.4 is 4.72 Å². The van der Waals surface area contributed by atoms with E-state index in [9.17, 15) is 4.79 Å². The number of nitrogens with one attached hydrogen (secondary N) is 1. The average molecular weight is 286 g/mol. The highest BCUT2D eigenvalue weighted by atomic mass is 32.2. The fourth-order valence-electron chi connectivity index (χ4n) is 1.73. The summed E-state index contributed by atoms with van der Waals surface area (Å²) in [5.41, 5.74) is 1.63. The lowest BCUT2D eigenvalue weighted by molar-refractivity contribution is 0.0979. The molecule has 1 aromatic carbocycles. The van der Waals surface area contributed by atoms with Gasteiger partial charge in [-0.2, -0.15) is 0 Å². The Kier molecular flexibility index (Phi) is 5.62. The Labute approximate surface area is 124 Å². The first kappa shape index (κ1) is 14.6. The predicted octanol–water partition coefficient (Wildman–Crippen LogP) is 3.86. The molecule has 1 aromatic heterocycles. The van der Waals surface area contributed by atoms with Crippen molar-refractivity contribution in [2.24, 2.45) is 0 Å². The molecule has 1 N–H and O–H groups in total. The Morgan fingerprint density at radius 2 is 2.00 bits per heavy atom. The van der Waals surface area contributed by atoms with Crippen molar-refractivity contribution in [3.63, 3.8) is 0 Å². The molecule has 0 saturated heterocycles. The van der Waals surface area contributed by atoms with E-state index in [2.05, 4.69) is 16.6 Å². The van der Waals surface area contributed by atoms with Gasteiger partial charge in [0.25, 0.3) is 5.91 Å². The molecule has 4 heteroatoms. The number of rotatable bonds is 6. The minimum Gasteiger partial charge on any atom is -0.291 e. The van der Waals surface area contributed by atoms with Gasteiger partial charge < -0.3 is 0 Å². The predicted molar refractivity (Wildman–Crippen MR) is 82.6 cm³/mol. The summed E-state index contributed by atoms with van der Waals surface area (Å²) in [5.74, 6) is -0.166. The van der Waals surface area contributed by atoms with E-state index < -0.39 is 0 Å². The molecule has 104 valence electrons. The lowest BCUT2D eigenvalue weighted by Crippen LogP contribution is -2.17. The van der Waals surface area contributed by atoms with Gasteiger partial charge in [0.05, 0.1) is 0 Å². The maximum atomic E-state index is 11.9. The third kappa shape index (κ3) is 4.38. The maximum absolute atomic E-state index is 11.9. The van der Waals surface area contributed by atoms with Crippen LogP contribution in [0, 0.1) is 0 Å². The van der Waals surface area contributed by atoms with Crippen molar-refractivity contribution in [1.29, 1.82) is 0 Å². The van der Waals surface area contributed by atoms with Gasteiger partial charge in [-0.25, -0.2) is 0 Å². The van der Waals surface area contributed by atoms with E-state index >= 15 is 0 Å². The summed E-state index contributed by atoms with van der Waals surface area (Å²) in [6, 6.07) is 13.5. The van der Waals surface area contributed by atoms with E-state index in [1.807, 2.05) is 36.4 Å². The van der Waals surface area contributed by atoms with Crippen molar-refractivity contribution in [2.45, 2.75) is 31.1 Å². The van der Waals surface area contributed by atoms with Crippen LogP contribution in [0.25, 0.3) is 0 Å². The average Bonchev–Trinajstić information content (AvgIpc) is 2.52. The smallest absolute Gasteiger partial charge is 0.279 e. The Hall–Kier alpha value is -1.81. The van der Waals surface area contributed by atoms with Crippen molar-refractivity contribution < 1.29 is 4.79 Å². The molecule has 0 spiro atoms. The first-order valence-electron chi connectivity index (χ1n) is 6.76. The van der Waals surface area contributed by atoms with Crippen molar-refractivity contribution >= 4 is 17.9 Å². The van der Waals surface area contributed by atoms with Gasteiger partial charge in [-0.1, -0.05) is 37.6 Å². The first-order chi connectivity index (χ1) is 9.79. The minimum absolute atomic E-state index is 0.166. The molecule has 3 nitrogen and oxygen atoms in total. The fourth-order valence-corrected chi connectivity index (χ4v) is 2.34. The van der Waals surface area contributed by atoms with Gasteiger partial charge in [0.2, 0.25) is 0 Å². The van der Waals surface area contributed by atoms with Crippen LogP contribution in [0.5, 0.6) is 0 Å². The van der Waals surface area contributed by atoms with Crippen LogP contribution in [0.2, 0.25) is 0 Å². The van der Waals surface area contributed by atoms with Gasteiger partial charge in [0, 0.05) is 11.1 Å². The van der Waals surface area contributed by atoms with Crippen LogP contribution in [-0.2, 0) is 6.42 Å². The molecule has 0 radical (unpaired) electrons. The Bertz CT molecular complexity index is 540. The molecule has 0 atom stereocenters. The topological polar surface area (TPSA) is 42.0 Å². The second kappa shape index (κ2) is 7.70. The van der Waals surface area contributed by atoms with Crippen molar-refractivity contribution in [1.82, 2.24) is 9.71 Å². The van der Waals surface area contributed by atoms with E-state index in [1.54, 1.807) is 12.3 Å². The summed E-state index contributed by atoms with van der Waals surface area (Å²) in [4.78, 5) is 17.2.